The maximum Gasteiger partial charge on any atom is 0.254 e. The van der Waals surface area contributed by atoms with E-state index in [0.717, 1.165) is 41.2 Å². The fraction of sp³-hybridized carbons (Fsp3) is 0.217. The van der Waals surface area contributed by atoms with Gasteiger partial charge in [0.05, 0.1) is 0 Å². The minimum Gasteiger partial charge on any atom is -0.352 e. The van der Waals surface area contributed by atoms with Crippen LogP contribution in [0.3, 0.4) is 0 Å². The first kappa shape index (κ1) is 18.3. The van der Waals surface area contributed by atoms with Crippen LogP contribution >= 0.6 is 0 Å². The Balaban J connectivity index is 1.43. The molecule has 1 aliphatic rings. The van der Waals surface area contributed by atoms with Crippen molar-refractivity contribution < 1.29 is 4.79 Å². The zero-order valence-electron chi connectivity index (χ0n) is 16.8. The van der Waals surface area contributed by atoms with Gasteiger partial charge in [-0.2, -0.15) is 14.6 Å². The quantitative estimate of drug-likeness (QED) is 0.531. The molecule has 7 nitrogen and oxygen atoms in total. The Labute approximate surface area is 174 Å². The van der Waals surface area contributed by atoms with Gasteiger partial charge in [-0.05, 0) is 24.6 Å². The van der Waals surface area contributed by atoms with Gasteiger partial charge < -0.3 is 9.80 Å². The average Bonchev–Trinajstić information content (AvgIpc) is 3.28. The number of rotatable bonds is 3. The van der Waals surface area contributed by atoms with Crippen molar-refractivity contribution in [2.45, 2.75) is 6.92 Å². The second-order valence-electron chi connectivity index (χ2n) is 7.48. The number of benzene rings is 2. The van der Waals surface area contributed by atoms with Crippen LogP contribution in [-0.2, 0) is 0 Å². The maximum atomic E-state index is 12.9. The molecule has 0 N–H and O–H groups in total. The number of nitrogens with zero attached hydrogens (tertiary/aromatic N) is 6. The molecular weight excluding hydrogens is 376 g/mol. The molecule has 0 aliphatic carbocycles. The topological polar surface area (TPSA) is 66.6 Å². The zero-order valence-corrected chi connectivity index (χ0v) is 16.8. The molecule has 7 heteroatoms. The van der Waals surface area contributed by atoms with Crippen molar-refractivity contribution in [3.05, 3.63) is 78.2 Å². The van der Waals surface area contributed by atoms with Crippen molar-refractivity contribution in [1.82, 2.24) is 24.5 Å². The second-order valence-corrected chi connectivity index (χ2v) is 7.48. The van der Waals surface area contributed by atoms with E-state index in [-0.39, 0.29) is 5.91 Å². The standard InChI is InChI=1S/C23H22N6O/c1-17-7-9-19(10-8-17)22(30)28-13-11-27(12-14-28)21-20(18-5-3-2-4-6-18)15-24-23-25-16-26-29(21)23/h2-10,15-16H,11-14H2,1H3. The molecule has 2 aromatic carbocycles. The molecule has 3 heterocycles. The molecule has 0 radical (unpaired) electrons. The van der Waals surface area contributed by atoms with E-state index in [2.05, 4.69) is 32.1 Å². The molecule has 0 atom stereocenters. The molecule has 5 rings (SSSR count). The number of amides is 1. The van der Waals surface area contributed by atoms with Crippen LogP contribution in [-0.4, -0.2) is 56.6 Å². The van der Waals surface area contributed by atoms with Gasteiger partial charge in [0.2, 0.25) is 0 Å². The van der Waals surface area contributed by atoms with Gasteiger partial charge in [0.1, 0.15) is 12.1 Å². The lowest BCUT2D eigenvalue weighted by Gasteiger charge is -2.36. The van der Waals surface area contributed by atoms with Crippen LogP contribution in [0.4, 0.5) is 5.82 Å². The van der Waals surface area contributed by atoms with Crippen molar-refractivity contribution in [3.63, 3.8) is 0 Å². The number of anilines is 1. The van der Waals surface area contributed by atoms with Gasteiger partial charge in [0.15, 0.2) is 0 Å². The van der Waals surface area contributed by atoms with Crippen molar-refractivity contribution in [2.75, 3.05) is 31.1 Å². The van der Waals surface area contributed by atoms with Crippen molar-refractivity contribution in [2.24, 2.45) is 0 Å². The van der Waals surface area contributed by atoms with E-state index in [4.69, 9.17) is 0 Å². The Bertz CT molecular complexity index is 1180. The molecule has 1 aliphatic heterocycles. The predicted molar refractivity (Wildman–Crippen MR) is 116 cm³/mol. The molecule has 0 bridgehead atoms. The molecule has 0 unspecified atom stereocenters. The fourth-order valence-electron chi connectivity index (χ4n) is 3.89. The molecule has 30 heavy (non-hydrogen) atoms. The number of hydrogen-bond donors (Lipinski definition) is 0. The van der Waals surface area contributed by atoms with Gasteiger partial charge in [-0.3, -0.25) is 4.79 Å². The summed E-state index contributed by atoms with van der Waals surface area (Å²) in [5, 5.41) is 4.41. The van der Waals surface area contributed by atoms with Crippen LogP contribution in [0.15, 0.2) is 67.1 Å². The minimum absolute atomic E-state index is 0.0820. The second kappa shape index (κ2) is 7.59. The Morgan fingerprint density at radius 1 is 0.900 bits per heavy atom. The zero-order chi connectivity index (χ0) is 20.5. The summed E-state index contributed by atoms with van der Waals surface area (Å²) in [7, 11) is 0. The largest absolute Gasteiger partial charge is 0.352 e. The molecular formula is C23H22N6O. The maximum absolute atomic E-state index is 12.9. The SMILES string of the molecule is Cc1ccc(C(=O)N2CCN(c3c(-c4ccccc4)cnc4ncnn34)CC2)cc1. The highest BCUT2D eigenvalue weighted by molar-refractivity contribution is 5.94. The van der Waals surface area contributed by atoms with Crippen LogP contribution in [0.5, 0.6) is 0 Å². The number of carbonyl (C=O) groups excluding carboxylic acids is 1. The lowest BCUT2D eigenvalue weighted by molar-refractivity contribution is 0.0746. The number of aromatic nitrogens is 4. The molecule has 2 aromatic heterocycles. The van der Waals surface area contributed by atoms with Crippen LogP contribution in [0.2, 0.25) is 0 Å². The summed E-state index contributed by atoms with van der Waals surface area (Å²) in [6.07, 6.45) is 3.39. The van der Waals surface area contributed by atoms with Crippen molar-refractivity contribution in [3.8, 4) is 11.1 Å². The van der Waals surface area contributed by atoms with Gasteiger partial charge in [-0.1, -0.05) is 48.0 Å². The lowest BCUT2D eigenvalue weighted by atomic mass is 10.1. The van der Waals surface area contributed by atoms with Gasteiger partial charge in [-0.15, -0.1) is 0 Å². The van der Waals surface area contributed by atoms with Crippen molar-refractivity contribution in [1.29, 1.82) is 0 Å². The molecule has 0 spiro atoms. The van der Waals surface area contributed by atoms with E-state index in [1.165, 1.54) is 6.33 Å². The first-order valence-corrected chi connectivity index (χ1v) is 10.1. The smallest absolute Gasteiger partial charge is 0.254 e. The number of carbonyl (C=O) groups is 1. The van der Waals surface area contributed by atoms with Crippen LogP contribution < -0.4 is 4.90 Å². The molecule has 1 saturated heterocycles. The van der Waals surface area contributed by atoms with E-state index in [1.54, 1.807) is 4.52 Å². The van der Waals surface area contributed by atoms with Crippen LogP contribution in [0.1, 0.15) is 15.9 Å². The Kier molecular flexibility index (Phi) is 4.63. The molecule has 1 fully saturated rings. The van der Waals surface area contributed by atoms with E-state index >= 15 is 0 Å². The predicted octanol–water partition coefficient (Wildman–Crippen LogP) is 3.06. The third-order valence-corrected chi connectivity index (χ3v) is 5.53. The third-order valence-electron chi connectivity index (χ3n) is 5.53. The third kappa shape index (κ3) is 3.28. The number of piperazine rings is 1. The van der Waals surface area contributed by atoms with Gasteiger partial charge in [0, 0.05) is 43.5 Å². The van der Waals surface area contributed by atoms with Gasteiger partial charge in [-0.25, -0.2) is 4.98 Å². The molecule has 150 valence electrons. The van der Waals surface area contributed by atoms with Crippen LogP contribution in [0, 0.1) is 6.92 Å². The molecule has 0 saturated carbocycles. The fourth-order valence-corrected chi connectivity index (χ4v) is 3.89. The monoisotopic (exact) mass is 398 g/mol. The van der Waals surface area contributed by atoms with E-state index < -0.39 is 0 Å². The number of aryl methyl sites for hydroxylation is 1. The summed E-state index contributed by atoms with van der Waals surface area (Å²) in [6, 6.07) is 17.9. The number of hydrogen-bond acceptors (Lipinski definition) is 5. The summed E-state index contributed by atoms with van der Waals surface area (Å²) in [5.41, 5.74) is 3.98. The minimum atomic E-state index is 0.0820. The average molecular weight is 398 g/mol. The summed E-state index contributed by atoms with van der Waals surface area (Å²) in [5.74, 6) is 1.62. The van der Waals surface area contributed by atoms with Gasteiger partial charge >= 0.3 is 0 Å². The highest BCUT2D eigenvalue weighted by atomic mass is 16.2. The highest BCUT2D eigenvalue weighted by Gasteiger charge is 2.26. The lowest BCUT2D eigenvalue weighted by Crippen LogP contribution is -2.49. The summed E-state index contributed by atoms with van der Waals surface area (Å²) in [6.45, 7) is 4.77. The Morgan fingerprint density at radius 3 is 2.37 bits per heavy atom. The van der Waals surface area contributed by atoms with E-state index in [1.807, 2.05) is 60.5 Å². The normalized spacial score (nSPS) is 14.3. The summed E-state index contributed by atoms with van der Waals surface area (Å²) >= 11 is 0. The van der Waals surface area contributed by atoms with Crippen molar-refractivity contribution >= 4 is 17.5 Å². The van der Waals surface area contributed by atoms with E-state index in [9.17, 15) is 4.79 Å². The summed E-state index contributed by atoms with van der Waals surface area (Å²) < 4.78 is 1.79. The molecule has 1 amide bonds. The summed E-state index contributed by atoms with van der Waals surface area (Å²) in [4.78, 5) is 25.8. The Morgan fingerprint density at radius 2 is 1.63 bits per heavy atom. The van der Waals surface area contributed by atoms with Crippen LogP contribution in [0.25, 0.3) is 16.9 Å². The Hall–Kier alpha value is -3.74. The first-order chi connectivity index (χ1) is 14.7. The number of fused-ring (bicyclic) bond motifs is 1. The first-order valence-electron chi connectivity index (χ1n) is 10.1. The molecule has 4 aromatic rings. The highest BCUT2D eigenvalue weighted by Crippen LogP contribution is 2.31. The van der Waals surface area contributed by atoms with E-state index in [0.29, 0.717) is 18.9 Å². The van der Waals surface area contributed by atoms with Gasteiger partial charge in [0.25, 0.3) is 11.7 Å².